The van der Waals surface area contributed by atoms with Crippen LogP contribution in [-0.2, 0) is 9.53 Å². The number of hydrogen-bond acceptors (Lipinski definition) is 2. The molecule has 68 valence electrons. The molecule has 3 rings (SSSR count). The molecule has 2 bridgehead atoms. The van der Waals surface area contributed by atoms with Crippen LogP contribution < -0.4 is 0 Å². The van der Waals surface area contributed by atoms with E-state index in [0.29, 0.717) is 25.3 Å². The highest BCUT2D eigenvalue weighted by atomic mass is 35.5. The Hall–Kier alpha value is -0.280. The molecule has 0 unspecified atom stereocenters. The Morgan fingerprint density at radius 1 is 1.58 bits per heavy atom. The zero-order valence-corrected chi connectivity index (χ0v) is 7.75. The maximum absolute atomic E-state index is 11.5. The summed E-state index contributed by atoms with van der Waals surface area (Å²) in [6.07, 6.45) is 1.09. The van der Waals surface area contributed by atoms with Crippen molar-refractivity contribution in [2.24, 2.45) is 0 Å². The van der Waals surface area contributed by atoms with E-state index in [0.717, 1.165) is 6.42 Å². The van der Waals surface area contributed by atoms with Gasteiger partial charge in [0.2, 0.25) is 5.91 Å². The zero-order valence-electron chi connectivity index (χ0n) is 7.00. The third-order valence-corrected chi connectivity index (χ3v) is 2.73. The smallest absolute Gasteiger partial charge is 0.240 e. The van der Waals surface area contributed by atoms with Crippen LogP contribution in [0.3, 0.4) is 0 Å². The lowest BCUT2D eigenvalue weighted by atomic mass is 9.91. The van der Waals surface area contributed by atoms with Gasteiger partial charge in [-0.05, 0) is 13.3 Å². The molecule has 3 aliphatic heterocycles. The van der Waals surface area contributed by atoms with Crippen molar-refractivity contribution in [3.8, 4) is 0 Å². The van der Waals surface area contributed by atoms with E-state index in [-0.39, 0.29) is 5.91 Å². The molecule has 0 N–H and O–H groups in total. The van der Waals surface area contributed by atoms with Crippen LogP contribution in [0.5, 0.6) is 0 Å². The largest absolute Gasteiger partial charge is 0.377 e. The van der Waals surface area contributed by atoms with Crippen LogP contribution in [0.1, 0.15) is 13.3 Å². The Labute approximate surface area is 76.6 Å². The Bertz CT molecular complexity index is 193. The molecule has 0 aromatic heterocycles. The fraction of sp³-hybridized carbons (Fsp3) is 0.875. The molecule has 0 aliphatic carbocycles. The van der Waals surface area contributed by atoms with Gasteiger partial charge in [-0.25, -0.2) is 0 Å². The highest BCUT2D eigenvalue weighted by Gasteiger charge is 2.45. The quantitative estimate of drug-likeness (QED) is 0.566. The predicted octanol–water partition coefficient (Wildman–Crippen LogP) is 0.613. The summed E-state index contributed by atoms with van der Waals surface area (Å²) in [5.41, 5.74) is 0. The Morgan fingerprint density at radius 3 is 2.58 bits per heavy atom. The summed E-state index contributed by atoms with van der Waals surface area (Å²) in [5.74, 6) is 0.0567. The van der Waals surface area contributed by atoms with Gasteiger partial charge >= 0.3 is 0 Å². The summed E-state index contributed by atoms with van der Waals surface area (Å²) in [4.78, 5) is 13.4. The summed E-state index contributed by atoms with van der Waals surface area (Å²) in [7, 11) is 0. The number of amides is 1. The predicted molar refractivity (Wildman–Crippen MR) is 45.2 cm³/mol. The van der Waals surface area contributed by atoms with Gasteiger partial charge in [-0.2, -0.15) is 0 Å². The van der Waals surface area contributed by atoms with E-state index < -0.39 is 5.38 Å². The van der Waals surface area contributed by atoms with Crippen molar-refractivity contribution in [3.63, 3.8) is 0 Å². The Balaban J connectivity index is 2.01. The van der Waals surface area contributed by atoms with Crippen LogP contribution in [0.4, 0.5) is 0 Å². The molecule has 0 saturated carbocycles. The average Bonchev–Trinajstić information content (AvgIpc) is 2.05. The van der Waals surface area contributed by atoms with Crippen LogP contribution >= 0.6 is 11.6 Å². The van der Waals surface area contributed by atoms with Gasteiger partial charge in [0, 0.05) is 0 Å². The van der Waals surface area contributed by atoms with Gasteiger partial charge in [-0.1, -0.05) is 0 Å². The second-order valence-corrected chi connectivity index (χ2v) is 4.10. The van der Waals surface area contributed by atoms with Gasteiger partial charge in [0.1, 0.15) is 5.38 Å². The molecule has 3 heterocycles. The molecule has 4 heteroatoms. The van der Waals surface area contributed by atoms with Crippen molar-refractivity contribution in [1.82, 2.24) is 4.90 Å². The van der Waals surface area contributed by atoms with Crippen molar-refractivity contribution in [2.75, 3.05) is 13.2 Å². The van der Waals surface area contributed by atoms with E-state index in [9.17, 15) is 4.79 Å². The normalized spacial score (nSPS) is 35.7. The van der Waals surface area contributed by atoms with Crippen molar-refractivity contribution < 1.29 is 9.53 Å². The molecule has 0 radical (unpaired) electrons. The fourth-order valence-corrected chi connectivity index (χ4v) is 2.02. The number of rotatable bonds is 1. The molecular weight excluding hydrogens is 178 g/mol. The summed E-state index contributed by atoms with van der Waals surface area (Å²) < 4.78 is 5.25. The average molecular weight is 190 g/mol. The number of carbonyl (C=O) groups excluding carboxylic acids is 1. The summed E-state index contributed by atoms with van der Waals surface area (Å²) in [6, 6.07) is 0.606. The maximum atomic E-state index is 11.5. The molecular formula is C8H12ClNO2. The van der Waals surface area contributed by atoms with Crippen molar-refractivity contribution in [2.45, 2.75) is 30.8 Å². The first-order chi connectivity index (χ1) is 5.70. The highest BCUT2D eigenvalue weighted by molar-refractivity contribution is 6.30. The number of morpholine rings is 1. The van der Waals surface area contributed by atoms with Gasteiger partial charge in [0.05, 0.1) is 25.3 Å². The second-order valence-electron chi connectivity index (χ2n) is 3.44. The van der Waals surface area contributed by atoms with E-state index in [2.05, 4.69) is 0 Å². The van der Waals surface area contributed by atoms with Gasteiger partial charge in [0.15, 0.2) is 0 Å². The molecule has 0 spiro atoms. The topological polar surface area (TPSA) is 29.5 Å². The fourth-order valence-electron chi connectivity index (χ4n) is 1.90. The minimum atomic E-state index is -0.395. The highest BCUT2D eigenvalue weighted by Crippen LogP contribution is 2.31. The third-order valence-electron chi connectivity index (χ3n) is 2.55. The molecule has 12 heavy (non-hydrogen) atoms. The minimum absolute atomic E-state index is 0.0567. The lowest BCUT2D eigenvalue weighted by Gasteiger charge is -2.52. The molecule has 0 aromatic rings. The van der Waals surface area contributed by atoms with Gasteiger partial charge in [0.25, 0.3) is 0 Å². The lowest BCUT2D eigenvalue weighted by molar-refractivity contribution is -0.166. The second kappa shape index (κ2) is 2.89. The van der Waals surface area contributed by atoms with E-state index >= 15 is 0 Å². The third kappa shape index (κ3) is 1.12. The van der Waals surface area contributed by atoms with Crippen LogP contribution in [0, 0.1) is 0 Å². The minimum Gasteiger partial charge on any atom is -0.377 e. The molecule has 3 nitrogen and oxygen atoms in total. The van der Waals surface area contributed by atoms with Crippen molar-refractivity contribution in [1.29, 1.82) is 0 Å². The Kier molecular flexibility index (Phi) is 2.00. The first-order valence-electron chi connectivity index (χ1n) is 4.24. The first kappa shape index (κ1) is 8.32. The number of nitrogens with zero attached hydrogens (tertiary/aromatic N) is 1. The van der Waals surface area contributed by atoms with Gasteiger partial charge < -0.3 is 9.64 Å². The summed E-state index contributed by atoms with van der Waals surface area (Å²) in [6.45, 7) is 3.09. The summed E-state index contributed by atoms with van der Waals surface area (Å²) in [5, 5.41) is -0.395. The van der Waals surface area contributed by atoms with Crippen molar-refractivity contribution in [3.05, 3.63) is 0 Å². The number of ether oxygens (including phenoxy) is 1. The first-order valence-corrected chi connectivity index (χ1v) is 4.68. The van der Waals surface area contributed by atoms with Gasteiger partial charge in [-0.3, -0.25) is 4.79 Å². The van der Waals surface area contributed by atoms with Crippen LogP contribution in [0.15, 0.2) is 0 Å². The molecule has 0 aromatic carbocycles. The summed E-state index contributed by atoms with van der Waals surface area (Å²) >= 11 is 5.72. The molecule has 3 aliphatic rings. The van der Waals surface area contributed by atoms with Gasteiger partial charge in [-0.15, -0.1) is 11.6 Å². The Morgan fingerprint density at radius 2 is 2.17 bits per heavy atom. The van der Waals surface area contributed by atoms with Crippen LogP contribution in [0.2, 0.25) is 0 Å². The number of carbonyl (C=O) groups is 1. The van der Waals surface area contributed by atoms with Crippen LogP contribution in [-0.4, -0.2) is 41.5 Å². The number of halogens is 1. The molecule has 3 atom stereocenters. The zero-order chi connectivity index (χ0) is 8.72. The van der Waals surface area contributed by atoms with E-state index in [1.54, 1.807) is 6.92 Å². The number of alkyl halides is 1. The SMILES string of the molecule is C[C@H](Cl)C(=O)N1[C@H]2COC[C@H]1C2. The van der Waals surface area contributed by atoms with E-state index in [1.165, 1.54) is 0 Å². The molecule has 3 fully saturated rings. The lowest BCUT2D eigenvalue weighted by Crippen LogP contribution is -2.66. The van der Waals surface area contributed by atoms with E-state index in [4.69, 9.17) is 16.3 Å². The standard InChI is InChI=1S/C8H12ClNO2/c1-5(9)8(11)10-6-2-7(10)4-12-3-6/h5-7H,2-4H2,1H3/t5-,6+,7+/m0/s1. The van der Waals surface area contributed by atoms with Crippen LogP contribution in [0.25, 0.3) is 0 Å². The number of hydrogen-bond donors (Lipinski definition) is 0. The monoisotopic (exact) mass is 189 g/mol. The number of fused-ring (bicyclic) bond motifs is 2. The van der Waals surface area contributed by atoms with E-state index in [1.807, 2.05) is 4.90 Å². The maximum Gasteiger partial charge on any atom is 0.240 e. The molecule has 1 amide bonds. The van der Waals surface area contributed by atoms with Crippen molar-refractivity contribution >= 4 is 17.5 Å². The molecule has 3 saturated heterocycles.